The number of H-pyrrole nitrogens is 1. The molecule has 3 nitrogen and oxygen atoms in total. The summed E-state index contributed by atoms with van der Waals surface area (Å²) < 4.78 is 0.570. The van der Waals surface area contributed by atoms with Crippen LogP contribution in [-0.2, 0) is 0 Å². The lowest BCUT2D eigenvalue weighted by Crippen LogP contribution is -2.12. The molecule has 0 aliphatic rings. The smallest absolute Gasteiger partial charge is 0.204 e. The summed E-state index contributed by atoms with van der Waals surface area (Å²) >= 11 is 3.35. The van der Waals surface area contributed by atoms with Gasteiger partial charge in [-0.1, -0.05) is 36.4 Å². The van der Waals surface area contributed by atoms with Gasteiger partial charge in [-0.15, -0.1) is 0 Å². The molecule has 110 valence electrons. The molecule has 0 atom stereocenters. The number of benzene rings is 1. The van der Waals surface area contributed by atoms with Crippen LogP contribution in [0.1, 0.15) is 11.4 Å². The number of aryl methyl sites for hydroxylation is 2. The zero-order chi connectivity index (χ0) is 15.7. The van der Waals surface area contributed by atoms with Crippen LogP contribution in [0, 0.1) is 13.8 Å². The summed E-state index contributed by atoms with van der Waals surface area (Å²) in [6.07, 6.45) is 1.75. The zero-order valence-electron chi connectivity index (χ0n) is 12.4. The Morgan fingerprint density at radius 3 is 2.32 bits per heavy atom. The lowest BCUT2D eigenvalue weighted by molar-refractivity contribution is 1.09. The van der Waals surface area contributed by atoms with Crippen LogP contribution in [0.25, 0.3) is 22.4 Å². The van der Waals surface area contributed by atoms with Gasteiger partial charge in [0.05, 0.1) is 15.7 Å². The minimum absolute atomic E-state index is 0.0111. The number of hydrogen-bond donors (Lipinski definition) is 1. The van der Waals surface area contributed by atoms with Gasteiger partial charge in [-0.2, -0.15) is 0 Å². The molecular formula is C18H15BrN2O. The molecule has 0 spiro atoms. The number of aromatic amines is 1. The van der Waals surface area contributed by atoms with Crippen molar-refractivity contribution in [3.8, 4) is 22.4 Å². The van der Waals surface area contributed by atoms with Crippen molar-refractivity contribution in [2.75, 3.05) is 0 Å². The molecular weight excluding hydrogens is 340 g/mol. The molecule has 4 heteroatoms. The van der Waals surface area contributed by atoms with Gasteiger partial charge in [0.25, 0.3) is 0 Å². The van der Waals surface area contributed by atoms with E-state index < -0.39 is 0 Å². The van der Waals surface area contributed by atoms with Crippen molar-refractivity contribution >= 4 is 15.9 Å². The fraction of sp³-hybridized carbons (Fsp3) is 0.111. The van der Waals surface area contributed by atoms with Crippen molar-refractivity contribution in [2.45, 2.75) is 13.8 Å². The predicted octanol–water partition coefficient (Wildman–Crippen LogP) is 4.48. The van der Waals surface area contributed by atoms with E-state index in [4.69, 9.17) is 0 Å². The van der Waals surface area contributed by atoms with Gasteiger partial charge in [-0.3, -0.25) is 9.78 Å². The number of nitrogens with one attached hydrogen (secondary N) is 1. The molecule has 3 rings (SSSR count). The van der Waals surface area contributed by atoms with Gasteiger partial charge in [0.1, 0.15) is 0 Å². The molecule has 1 N–H and O–H groups in total. The molecule has 3 aromatic rings. The van der Waals surface area contributed by atoms with E-state index in [1.807, 2.05) is 56.3 Å². The van der Waals surface area contributed by atoms with E-state index >= 15 is 0 Å². The van der Waals surface area contributed by atoms with E-state index in [0.29, 0.717) is 10.0 Å². The highest BCUT2D eigenvalue weighted by molar-refractivity contribution is 9.10. The van der Waals surface area contributed by atoms with Gasteiger partial charge < -0.3 is 4.98 Å². The Hall–Kier alpha value is -2.20. The zero-order valence-corrected chi connectivity index (χ0v) is 13.9. The Morgan fingerprint density at radius 1 is 0.955 bits per heavy atom. The van der Waals surface area contributed by atoms with Gasteiger partial charge in [0, 0.05) is 28.7 Å². The van der Waals surface area contributed by atoms with Crippen LogP contribution < -0.4 is 5.43 Å². The van der Waals surface area contributed by atoms with E-state index in [1.165, 1.54) is 0 Å². The first-order chi connectivity index (χ1) is 10.6. The first-order valence-electron chi connectivity index (χ1n) is 6.98. The Kier molecular flexibility index (Phi) is 3.94. The molecule has 0 fully saturated rings. The van der Waals surface area contributed by atoms with E-state index in [9.17, 15) is 4.79 Å². The highest BCUT2D eigenvalue weighted by atomic mass is 79.9. The average molecular weight is 355 g/mol. The second-order valence-electron chi connectivity index (χ2n) is 5.19. The van der Waals surface area contributed by atoms with Crippen molar-refractivity contribution in [1.82, 2.24) is 9.97 Å². The average Bonchev–Trinajstić information content (AvgIpc) is 2.54. The lowest BCUT2D eigenvalue weighted by Gasteiger charge is -2.09. The fourth-order valence-corrected chi connectivity index (χ4v) is 2.82. The largest absolute Gasteiger partial charge is 0.361 e. The standard InChI is InChI=1S/C18H15BrN2O/c1-11-16(18(22)17(19)12(2)21-11)14-8-9-15(20-10-14)13-6-4-3-5-7-13/h3-10H,1-2H3,(H,21,22). The molecule has 0 radical (unpaired) electrons. The summed E-state index contributed by atoms with van der Waals surface area (Å²) in [7, 11) is 0. The summed E-state index contributed by atoms with van der Waals surface area (Å²) in [5.74, 6) is 0. The fourth-order valence-electron chi connectivity index (χ4n) is 2.52. The van der Waals surface area contributed by atoms with Crippen LogP contribution in [0.4, 0.5) is 0 Å². The van der Waals surface area contributed by atoms with E-state index in [2.05, 4.69) is 25.9 Å². The molecule has 0 aliphatic heterocycles. The Bertz CT molecular complexity index is 868. The third kappa shape index (κ3) is 2.62. The molecule has 0 amide bonds. The maximum Gasteiger partial charge on any atom is 0.204 e. The number of hydrogen-bond acceptors (Lipinski definition) is 2. The quantitative estimate of drug-likeness (QED) is 0.737. The molecule has 0 aliphatic carbocycles. The molecule has 0 unspecified atom stereocenters. The van der Waals surface area contributed by atoms with Gasteiger partial charge >= 0.3 is 0 Å². The maximum atomic E-state index is 12.5. The molecule has 0 saturated heterocycles. The molecule has 0 bridgehead atoms. The number of rotatable bonds is 2. The van der Waals surface area contributed by atoms with Crippen LogP contribution in [0.3, 0.4) is 0 Å². The Labute approximate surface area is 137 Å². The summed E-state index contributed by atoms with van der Waals surface area (Å²) in [5, 5.41) is 0. The van der Waals surface area contributed by atoms with Gasteiger partial charge in [0.15, 0.2) is 0 Å². The summed E-state index contributed by atoms with van der Waals surface area (Å²) in [6, 6.07) is 13.9. The topological polar surface area (TPSA) is 45.8 Å². The first kappa shape index (κ1) is 14.7. The third-order valence-corrected chi connectivity index (χ3v) is 4.58. The van der Waals surface area contributed by atoms with Gasteiger partial charge in [0.2, 0.25) is 5.43 Å². The van der Waals surface area contributed by atoms with Crippen LogP contribution in [0.5, 0.6) is 0 Å². The molecule has 2 heterocycles. The van der Waals surface area contributed by atoms with Crippen LogP contribution in [0.2, 0.25) is 0 Å². The highest BCUT2D eigenvalue weighted by Crippen LogP contribution is 2.24. The van der Waals surface area contributed by atoms with Crippen LogP contribution in [-0.4, -0.2) is 9.97 Å². The SMILES string of the molecule is Cc1[nH]c(C)c(-c2ccc(-c3ccccc3)nc2)c(=O)c1Br. The Balaban J connectivity index is 2.08. The van der Waals surface area contributed by atoms with Crippen molar-refractivity contribution in [1.29, 1.82) is 0 Å². The van der Waals surface area contributed by atoms with Crippen molar-refractivity contribution in [3.05, 3.63) is 74.7 Å². The van der Waals surface area contributed by atoms with Gasteiger partial charge in [-0.05, 0) is 35.8 Å². The summed E-state index contributed by atoms with van der Waals surface area (Å²) in [6.45, 7) is 3.78. The third-order valence-electron chi connectivity index (χ3n) is 3.63. The lowest BCUT2D eigenvalue weighted by atomic mass is 10.0. The second-order valence-corrected chi connectivity index (χ2v) is 5.98. The second kappa shape index (κ2) is 5.89. The Morgan fingerprint density at radius 2 is 1.68 bits per heavy atom. The summed E-state index contributed by atoms with van der Waals surface area (Å²) in [4.78, 5) is 20.2. The molecule has 1 aromatic carbocycles. The summed E-state index contributed by atoms with van der Waals surface area (Å²) in [5.41, 5.74) is 5.10. The minimum atomic E-state index is -0.0111. The highest BCUT2D eigenvalue weighted by Gasteiger charge is 2.13. The normalized spacial score (nSPS) is 10.7. The first-order valence-corrected chi connectivity index (χ1v) is 7.78. The number of aromatic nitrogens is 2. The van der Waals surface area contributed by atoms with Crippen molar-refractivity contribution in [3.63, 3.8) is 0 Å². The van der Waals surface area contributed by atoms with Crippen LogP contribution >= 0.6 is 15.9 Å². The van der Waals surface area contributed by atoms with E-state index in [0.717, 1.165) is 28.2 Å². The predicted molar refractivity (Wildman–Crippen MR) is 92.9 cm³/mol. The molecule has 0 saturated carbocycles. The number of nitrogens with zero attached hydrogens (tertiary/aromatic N) is 1. The molecule has 2 aromatic heterocycles. The number of halogens is 1. The van der Waals surface area contributed by atoms with Crippen LogP contribution in [0.15, 0.2) is 57.9 Å². The minimum Gasteiger partial charge on any atom is -0.361 e. The maximum absolute atomic E-state index is 12.5. The van der Waals surface area contributed by atoms with Crippen molar-refractivity contribution < 1.29 is 0 Å². The van der Waals surface area contributed by atoms with Crippen molar-refractivity contribution in [2.24, 2.45) is 0 Å². The van der Waals surface area contributed by atoms with E-state index in [1.54, 1.807) is 6.20 Å². The number of pyridine rings is 2. The monoisotopic (exact) mass is 354 g/mol. The van der Waals surface area contributed by atoms with E-state index in [-0.39, 0.29) is 5.43 Å². The molecule has 22 heavy (non-hydrogen) atoms. The van der Waals surface area contributed by atoms with Gasteiger partial charge in [-0.25, -0.2) is 0 Å².